The van der Waals surface area contributed by atoms with E-state index in [0.717, 1.165) is 54.3 Å². The fraction of sp³-hybridized carbons (Fsp3) is 0.520. The molecule has 9 nitrogen and oxygen atoms in total. The van der Waals surface area contributed by atoms with Crippen molar-refractivity contribution in [3.05, 3.63) is 42.4 Å². The number of nitrogens with zero attached hydrogens (tertiary/aromatic N) is 6. The van der Waals surface area contributed by atoms with Crippen molar-refractivity contribution in [1.82, 2.24) is 24.5 Å². The second-order valence-corrected chi connectivity index (χ2v) is 10.2. The molecule has 1 spiro atoms. The number of carbonyl (C=O) groups excluding carboxylic acids is 1. The topological polar surface area (TPSA) is 85.1 Å². The van der Waals surface area contributed by atoms with Gasteiger partial charge in [0.2, 0.25) is 0 Å². The van der Waals surface area contributed by atoms with Crippen molar-refractivity contribution in [3.8, 4) is 11.3 Å². The average Bonchev–Trinajstić information content (AvgIpc) is 3.14. The fourth-order valence-corrected chi connectivity index (χ4v) is 4.82. The highest BCUT2D eigenvalue weighted by molar-refractivity contribution is 5.68. The number of aromatic nitrogens is 4. The number of piperidine rings is 1. The Morgan fingerprint density at radius 1 is 1.09 bits per heavy atom. The number of aryl methyl sites for hydroxylation is 1. The van der Waals surface area contributed by atoms with Crippen LogP contribution in [0.5, 0.6) is 0 Å². The first-order valence-electron chi connectivity index (χ1n) is 11.9. The highest BCUT2D eigenvalue weighted by Gasteiger charge is 2.42. The van der Waals surface area contributed by atoms with Crippen molar-refractivity contribution in [1.29, 1.82) is 0 Å². The SMILES string of the molecule is Cc1nc2ccc(N3CCC4(CC3)CN(C(=O)OC(C)(C)C)CCO4)nn2c1-c1ccncc1. The van der Waals surface area contributed by atoms with E-state index in [1.165, 1.54) is 0 Å². The van der Waals surface area contributed by atoms with E-state index in [-0.39, 0.29) is 11.7 Å². The Hall–Kier alpha value is -3.20. The van der Waals surface area contributed by atoms with Crippen molar-refractivity contribution < 1.29 is 14.3 Å². The van der Waals surface area contributed by atoms with Gasteiger partial charge in [-0.1, -0.05) is 0 Å². The molecule has 2 fully saturated rings. The maximum absolute atomic E-state index is 12.6. The number of imidazole rings is 1. The van der Waals surface area contributed by atoms with Gasteiger partial charge in [-0.05, 0) is 64.8 Å². The summed E-state index contributed by atoms with van der Waals surface area (Å²) >= 11 is 0. The zero-order valence-corrected chi connectivity index (χ0v) is 20.3. The van der Waals surface area contributed by atoms with Crippen molar-refractivity contribution in [2.24, 2.45) is 0 Å². The van der Waals surface area contributed by atoms with Crippen LogP contribution in [0.25, 0.3) is 16.9 Å². The van der Waals surface area contributed by atoms with E-state index >= 15 is 0 Å². The Morgan fingerprint density at radius 3 is 2.53 bits per heavy atom. The van der Waals surface area contributed by atoms with Crippen LogP contribution in [0.2, 0.25) is 0 Å². The van der Waals surface area contributed by atoms with Crippen LogP contribution in [-0.2, 0) is 9.47 Å². The Labute approximate surface area is 199 Å². The molecule has 9 heteroatoms. The van der Waals surface area contributed by atoms with E-state index in [1.807, 2.05) is 56.5 Å². The summed E-state index contributed by atoms with van der Waals surface area (Å²) in [5, 5.41) is 4.95. The Morgan fingerprint density at radius 2 is 1.82 bits per heavy atom. The minimum absolute atomic E-state index is 0.260. The minimum Gasteiger partial charge on any atom is -0.444 e. The monoisotopic (exact) mass is 464 g/mol. The van der Waals surface area contributed by atoms with E-state index in [0.29, 0.717) is 19.7 Å². The first-order valence-corrected chi connectivity index (χ1v) is 11.9. The maximum atomic E-state index is 12.6. The molecule has 2 saturated heterocycles. The van der Waals surface area contributed by atoms with Gasteiger partial charge in [-0.2, -0.15) is 0 Å². The number of ether oxygens (including phenoxy) is 2. The van der Waals surface area contributed by atoms with Crippen LogP contribution >= 0.6 is 0 Å². The smallest absolute Gasteiger partial charge is 0.410 e. The highest BCUT2D eigenvalue weighted by Crippen LogP contribution is 2.33. The molecule has 5 rings (SSSR count). The number of hydrogen-bond donors (Lipinski definition) is 0. The molecule has 180 valence electrons. The van der Waals surface area contributed by atoms with Crippen molar-refractivity contribution >= 4 is 17.6 Å². The molecular weight excluding hydrogens is 432 g/mol. The molecule has 2 aliphatic rings. The molecule has 0 aromatic carbocycles. The summed E-state index contributed by atoms with van der Waals surface area (Å²) in [7, 11) is 0. The summed E-state index contributed by atoms with van der Waals surface area (Å²) in [6, 6.07) is 8.01. The summed E-state index contributed by atoms with van der Waals surface area (Å²) in [5.74, 6) is 0.912. The van der Waals surface area contributed by atoms with Crippen molar-refractivity contribution in [3.63, 3.8) is 0 Å². The summed E-state index contributed by atoms with van der Waals surface area (Å²) in [4.78, 5) is 25.5. The predicted octanol–water partition coefficient (Wildman–Crippen LogP) is 3.71. The van der Waals surface area contributed by atoms with Crippen LogP contribution in [0.4, 0.5) is 10.6 Å². The summed E-state index contributed by atoms with van der Waals surface area (Å²) in [5.41, 5.74) is 2.95. The van der Waals surface area contributed by atoms with Gasteiger partial charge in [-0.3, -0.25) is 4.98 Å². The van der Waals surface area contributed by atoms with Crippen molar-refractivity contribution in [2.45, 2.75) is 51.7 Å². The Kier molecular flexibility index (Phi) is 5.67. The number of pyridine rings is 1. The molecule has 2 aliphatic heterocycles. The molecule has 0 aliphatic carbocycles. The van der Waals surface area contributed by atoms with Crippen LogP contribution in [0.1, 0.15) is 39.3 Å². The second kappa shape index (κ2) is 8.54. The number of rotatable bonds is 2. The molecule has 0 N–H and O–H groups in total. The van der Waals surface area contributed by atoms with Crippen LogP contribution < -0.4 is 4.90 Å². The molecule has 0 saturated carbocycles. The van der Waals surface area contributed by atoms with Crippen LogP contribution in [0.3, 0.4) is 0 Å². The maximum Gasteiger partial charge on any atom is 0.410 e. The van der Waals surface area contributed by atoms with Gasteiger partial charge in [0.25, 0.3) is 0 Å². The summed E-state index contributed by atoms with van der Waals surface area (Å²) in [6.07, 6.45) is 4.96. The van der Waals surface area contributed by atoms with Gasteiger partial charge in [-0.15, -0.1) is 5.10 Å². The van der Waals surface area contributed by atoms with Gasteiger partial charge in [0.05, 0.1) is 30.1 Å². The summed E-state index contributed by atoms with van der Waals surface area (Å²) < 4.78 is 13.7. The zero-order chi connectivity index (χ0) is 23.9. The number of carbonyl (C=O) groups is 1. The summed E-state index contributed by atoms with van der Waals surface area (Å²) in [6.45, 7) is 11.0. The quantitative estimate of drug-likeness (QED) is 0.572. The van der Waals surface area contributed by atoms with Gasteiger partial charge in [0, 0.05) is 37.6 Å². The lowest BCUT2D eigenvalue weighted by molar-refractivity contribution is -0.119. The standard InChI is InChI=1S/C25H32N6O3/c1-18-22(19-7-11-26-12-8-19)31-20(27-18)5-6-21(28-31)29-13-9-25(10-14-29)17-30(15-16-33-25)23(32)34-24(2,3)4/h5-8,11-12H,9-10,13-17H2,1-4H3. The van der Waals surface area contributed by atoms with Crippen LogP contribution in [-0.4, -0.2) is 74.6 Å². The molecule has 0 radical (unpaired) electrons. The largest absolute Gasteiger partial charge is 0.444 e. The number of amides is 1. The zero-order valence-electron chi connectivity index (χ0n) is 20.3. The van der Waals surface area contributed by atoms with Crippen molar-refractivity contribution in [2.75, 3.05) is 37.7 Å². The molecule has 0 unspecified atom stereocenters. The number of hydrogen-bond acceptors (Lipinski definition) is 7. The third-order valence-corrected chi connectivity index (χ3v) is 6.49. The Balaban J connectivity index is 1.32. The lowest BCUT2D eigenvalue weighted by Crippen LogP contribution is -2.58. The van der Waals surface area contributed by atoms with E-state index < -0.39 is 5.60 Å². The molecule has 0 bridgehead atoms. The van der Waals surface area contributed by atoms with E-state index in [9.17, 15) is 4.79 Å². The molecule has 34 heavy (non-hydrogen) atoms. The highest BCUT2D eigenvalue weighted by atomic mass is 16.6. The number of anilines is 1. The van der Waals surface area contributed by atoms with Gasteiger partial charge >= 0.3 is 6.09 Å². The molecular formula is C25H32N6O3. The lowest BCUT2D eigenvalue weighted by atomic mass is 9.89. The minimum atomic E-state index is -0.503. The predicted molar refractivity (Wildman–Crippen MR) is 129 cm³/mol. The fourth-order valence-electron chi connectivity index (χ4n) is 4.82. The number of morpholine rings is 1. The van der Waals surface area contributed by atoms with E-state index in [1.54, 1.807) is 17.3 Å². The number of fused-ring (bicyclic) bond motifs is 1. The first-order chi connectivity index (χ1) is 16.2. The first kappa shape index (κ1) is 22.6. The average molecular weight is 465 g/mol. The second-order valence-electron chi connectivity index (χ2n) is 10.2. The third-order valence-electron chi connectivity index (χ3n) is 6.49. The molecule has 3 aromatic rings. The van der Waals surface area contributed by atoms with E-state index in [2.05, 4.69) is 14.9 Å². The normalized spacial score (nSPS) is 18.5. The van der Waals surface area contributed by atoms with Crippen LogP contribution in [0.15, 0.2) is 36.7 Å². The third kappa shape index (κ3) is 4.44. The molecule has 0 atom stereocenters. The molecule has 5 heterocycles. The Bertz CT molecular complexity index is 1180. The molecule has 3 aromatic heterocycles. The van der Waals surface area contributed by atoms with Gasteiger partial charge in [-0.25, -0.2) is 14.3 Å². The van der Waals surface area contributed by atoms with E-state index in [4.69, 9.17) is 14.6 Å². The van der Waals surface area contributed by atoms with Gasteiger partial charge in [0.15, 0.2) is 5.65 Å². The van der Waals surface area contributed by atoms with Crippen LogP contribution in [0, 0.1) is 6.92 Å². The lowest BCUT2D eigenvalue weighted by Gasteiger charge is -2.47. The molecule has 1 amide bonds. The van der Waals surface area contributed by atoms with Gasteiger partial charge in [0.1, 0.15) is 11.4 Å². The van der Waals surface area contributed by atoms with Gasteiger partial charge < -0.3 is 19.3 Å².